The molecule has 1 rings (SSSR count). The molecule has 84 valence electrons. The number of hydrogen-bond donors (Lipinski definition) is 0. The molecule has 0 fully saturated rings. The van der Waals surface area contributed by atoms with Gasteiger partial charge in [0, 0.05) is 23.2 Å². The van der Waals surface area contributed by atoms with Crippen molar-refractivity contribution in [3.05, 3.63) is 21.3 Å². The lowest BCUT2D eigenvalue weighted by Crippen LogP contribution is -2.29. The van der Waals surface area contributed by atoms with Crippen molar-refractivity contribution in [2.75, 3.05) is 11.9 Å². The van der Waals surface area contributed by atoms with Gasteiger partial charge in [0.2, 0.25) is 5.91 Å². The molecule has 0 unspecified atom stereocenters. The van der Waals surface area contributed by atoms with Crippen molar-refractivity contribution in [2.45, 2.75) is 19.9 Å². The Balaban J connectivity index is 2.57. The lowest BCUT2D eigenvalue weighted by atomic mass is 10.3. The minimum absolute atomic E-state index is 0.180. The molecule has 1 heterocycles. The maximum atomic E-state index is 11.7. The maximum absolute atomic E-state index is 11.7. The quantitative estimate of drug-likeness (QED) is 0.762. The fraction of sp³-hybridized carbons (Fsp3) is 0.500. The molecule has 0 bridgehead atoms. The Morgan fingerprint density at radius 2 is 2.33 bits per heavy atom. The fourth-order valence-electron chi connectivity index (χ4n) is 1.24. The van der Waals surface area contributed by atoms with Gasteiger partial charge in [-0.05, 0) is 19.1 Å². The van der Waals surface area contributed by atoms with E-state index in [-0.39, 0.29) is 5.91 Å². The first-order valence-electron chi connectivity index (χ1n) is 4.75. The molecule has 1 amide bonds. The van der Waals surface area contributed by atoms with E-state index in [9.17, 15) is 4.79 Å². The molecule has 0 aliphatic rings. The number of amides is 1. The van der Waals surface area contributed by atoms with E-state index in [0.29, 0.717) is 18.3 Å². The maximum Gasteiger partial charge on any atom is 0.223 e. The highest BCUT2D eigenvalue weighted by Crippen LogP contribution is 2.22. The third-order valence-electron chi connectivity index (χ3n) is 2.02. The first-order chi connectivity index (χ1) is 7.17. The van der Waals surface area contributed by atoms with Crippen molar-refractivity contribution in [1.29, 1.82) is 0 Å². The van der Waals surface area contributed by atoms with E-state index in [1.807, 2.05) is 24.0 Å². The van der Waals surface area contributed by atoms with Gasteiger partial charge in [-0.1, -0.05) is 27.5 Å². The smallest absolute Gasteiger partial charge is 0.223 e. The van der Waals surface area contributed by atoms with Crippen LogP contribution in [-0.4, -0.2) is 22.7 Å². The Labute approximate surface area is 107 Å². The van der Waals surface area contributed by atoms with Crippen molar-refractivity contribution in [3.63, 3.8) is 0 Å². The van der Waals surface area contributed by atoms with Crippen LogP contribution in [0.1, 0.15) is 18.2 Å². The second kappa shape index (κ2) is 6.51. The van der Waals surface area contributed by atoms with Crippen LogP contribution in [0, 0.1) is 0 Å². The van der Waals surface area contributed by atoms with E-state index in [4.69, 9.17) is 11.6 Å². The van der Waals surface area contributed by atoms with Crippen LogP contribution in [0.25, 0.3) is 0 Å². The molecule has 1 aromatic heterocycles. The summed E-state index contributed by atoms with van der Waals surface area (Å²) in [6.45, 7) is 3.39. The highest BCUT2D eigenvalue weighted by Gasteiger charge is 2.12. The van der Waals surface area contributed by atoms with Crippen LogP contribution < -0.4 is 0 Å². The second-order valence-corrected chi connectivity index (χ2v) is 5.65. The number of halogens is 2. The van der Waals surface area contributed by atoms with Crippen LogP contribution in [0.5, 0.6) is 0 Å². The van der Waals surface area contributed by atoms with E-state index in [0.717, 1.165) is 15.8 Å². The molecular formula is C10H13BrClNOS. The fourth-order valence-corrected chi connectivity index (χ4v) is 2.68. The van der Waals surface area contributed by atoms with Crippen LogP contribution in [0.4, 0.5) is 0 Å². The number of hydrogen-bond acceptors (Lipinski definition) is 2. The molecule has 0 saturated carbocycles. The first-order valence-corrected chi connectivity index (χ1v) is 7.07. The Kier molecular flexibility index (Phi) is 5.64. The van der Waals surface area contributed by atoms with Gasteiger partial charge in [0.1, 0.15) is 0 Å². The van der Waals surface area contributed by atoms with Crippen molar-refractivity contribution in [1.82, 2.24) is 4.90 Å². The summed E-state index contributed by atoms with van der Waals surface area (Å²) in [5, 5.41) is 0.716. The molecule has 0 N–H and O–H groups in total. The summed E-state index contributed by atoms with van der Waals surface area (Å²) < 4.78 is 0.772. The van der Waals surface area contributed by atoms with Gasteiger partial charge in [0.25, 0.3) is 0 Å². The zero-order chi connectivity index (χ0) is 11.3. The Hall–Kier alpha value is -0.0600. The van der Waals surface area contributed by atoms with Gasteiger partial charge in [0.15, 0.2) is 0 Å². The third-order valence-corrected chi connectivity index (χ3v) is 3.63. The summed E-state index contributed by atoms with van der Waals surface area (Å²) in [4.78, 5) is 14.6. The number of nitrogens with zero attached hydrogens (tertiary/aromatic N) is 1. The summed E-state index contributed by atoms with van der Waals surface area (Å²) in [5.41, 5.74) is 0. The highest BCUT2D eigenvalue weighted by atomic mass is 79.9. The van der Waals surface area contributed by atoms with Gasteiger partial charge in [0.05, 0.1) is 10.9 Å². The van der Waals surface area contributed by atoms with Gasteiger partial charge < -0.3 is 4.90 Å². The summed E-state index contributed by atoms with van der Waals surface area (Å²) in [7, 11) is 0. The molecule has 2 nitrogen and oxygen atoms in total. The number of thiophene rings is 1. The van der Waals surface area contributed by atoms with Crippen molar-refractivity contribution >= 4 is 44.8 Å². The van der Waals surface area contributed by atoms with Gasteiger partial charge in [-0.3, -0.25) is 4.79 Å². The molecule has 5 heteroatoms. The van der Waals surface area contributed by atoms with Crippen molar-refractivity contribution < 1.29 is 4.79 Å². The van der Waals surface area contributed by atoms with E-state index in [1.54, 1.807) is 0 Å². The predicted octanol–water partition coefficient (Wildman–Crippen LogP) is 3.54. The molecule has 0 radical (unpaired) electrons. The third kappa shape index (κ3) is 4.13. The zero-order valence-corrected chi connectivity index (χ0v) is 11.7. The number of alkyl halides is 1. The summed E-state index contributed by atoms with van der Waals surface area (Å²) in [6.07, 6.45) is 0.549. The standard InChI is InChI=1S/C10H13BrClNOS/c1-2-13(10(14)5-6-11)7-8-3-4-9(12)15-8/h3-4H,2,5-7H2,1H3. The van der Waals surface area contributed by atoms with Gasteiger partial charge in [-0.2, -0.15) is 0 Å². The Bertz CT molecular complexity index is 329. The average molecular weight is 311 g/mol. The lowest BCUT2D eigenvalue weighted by Gasteiger charge is -2.19. The second-order valence-electron chi connectivity index (χ2n) is 3.05. The molecule has 15 heavy (non-hydrogen) atoms. The number of rotatable bonds is 5. The molecule has 0 saturated heterocycles. The summed E-state index contributed by atoms with van der Waals surface area (Å²) >= 11 is 10.6. The normalized spacial score (nSPS) is 10.3. The molecule has 1 aromatic rings. The summed E-state index contributed by atoms with van der Waals surface area (Å²) in [6, 6.07) is 3.83. The molecule has 0 aliphatic carbocycles. The van der Waals surface area contributed by atoms with Crippen LogP contribution in [-0.2, 0) is 11.3 Å². The molecule has 0 aliphatic heterocycles. The molecule has 0 aromatic carbocycles. The predicted molar refractivity (Wildman–Crippen MR) is 68.8 cm³/mol. The average Bonchev–Trinajstić information content (AvgIpc) is 2.61. The minimum atomic E-state index is 0.180. The Morgan fingerprint density at radius 3 is 2.80 bits per heavy atom. The largest absolute Gasteiger partial charge is 0.338 e. The van der Waals surface area contributed by atoms with Crippen molar-refractivity contribution in [3.8, 4) is 0 Å². The molecular weight excluding hydrogens is 298 g/mol. The van der Waals surface area contributed by atoms with E-state index in [2.05, 4.69) is 15.9 Å². The first kappa shape index (κ1) is 13.0. The van der Waals surface area contributed by atoms with Crippen LogP contribution in [0.15, 0.2) is 12.1 Å². The topological polar surface area (TPSA) is 20.3 Å². The van der Waals surface area contributed by atoms with Crippen LogP contribution in [0.3, 0.4) is 0 Å². The van der Waals surface area contributed by atoms with Crippen molar-refractivity contribution in [2.24, 2.45) is 0 Å². The van der Waals surface area contributed by atoms with Crippen LogP contribution >= 0.6 is 38.9 Å². The lowest BCUT2D eigenvalue weighted by molar-refractivity contribution is -0.131. The SMILES string of the molecule is CCN(Cc1ccc(Cl)s1)C(=O)CCBr. The monoisotopic (exact) mass is 309 g/mol. The van der Waals surface area contributed by atoms with Gasteiger partial charge in [-0.15, -0.1) is 11.3 Å². The van der Waals surface area contributed by atoms with Crippen LogP contribution in [0.2, 0.25) is 4.34 Å². The summed E-state index contributed by atoms with van der Waals surface area (Å²) in [5.74, 6) is 0.180. The number of carbonyl (C=O) groups is 1. The molecule has 0 spiro atoms. The molecule has 0 atom stereocenters. The number of carbonyl (C=O) groups excluding carboxylic acids is 1. The van der Waals surface area contributed by atoms with E-state index >= 15 is 0 Å². The van der Waals surface area contributed by atoms with E-state index in [1.165, 1.54) is 11.3 Å². The van der Waals surface area contributed by atoms with Gasteiger partial charge in [-0.25, -0.2) is 0 Å². The minimum Gasteiger partial charge on any atom is -0.338 e. The zero-order valence-electron chi connectivity index (χ0n) is 8.50. The van der Waals surface area contributed by atoms with Gasteiger partial charge >= 0.3 is 0 Å². The van der Waals surface area contributed by atoms with E-state index < -0.39 is 0 Å². The Morgan fingerprint density at radius 1 is 1.60 bits per heavy atom. The highest BCUT2D eigenvalue weighted by molar-refractivity contribution is 9.09.